The first-order valence-corrected chi connectivity index (χ1v) is 15.2. The van der Waals surface area contributed by atoms with Gasteiger partial charge in [0.1, 0.15) is 10.0 Å². The lowest BCUT2D eigenvalue weighted by atomic mass is 10.1. The first-order valence-electron chi connectivity index (χ1n) is 12.7. The first kappa shape index (κ1) is 26.5. The highest BCUT2D eigenvalue weighted by Gasteiger charge is 2.58. The van der Waals surface area contributed by atoms with Crippen molar-refractivity contribution in [3.63, 3.8) is 0 Å². The molecular weight excluding hydrogens is 524 g/mol. The number of morpholine rings is 1. The van der Waals surface area contributed by atoms with E-state index < -0.39 is 15.1 Å². The molecule has 10 nitrogen and oxygen atoms in total. The van der Waals surface area contributed by atoms with E-state index >= 15 is 0 Å². The van der Waals surface area contributed by atoms with E-state index in [0.717, 1.165) is 17.1 Å². The van der Waals surface area contributed by atoms with E-state index in [1.807, 2.05) is 32.0 Å². The number of sulfone groups is 1. The lowest BCUT2D eigenvalue weighted by molar-refractivity contribution is 0.0985. The summed E-state index contributed by atoms with van der Waals surface area (Å²) in [5.74, 6) is 0.958. The molecule has 1 saturated heterocycles. The van der Waals surface area contributed by atoms with Gasteiger partial charge in [-0.15, -0.1) is 11.3 Å². The van der Waals surface area contributed by atoms with Crippen molar-refractivity contribution in [1.82, 2.24) is 20.3 Å². The molecule has 0 spiro atoms. The van der Waals surface area contributed by atoms with Crippen LogP contribution >= 0.6 is 11.3 Å². The number of carbonyl (C=O) groups is 1. The predicted molar refractivity (Wildman–Crippen MR) is 148 cm³/mol. The van der Waals surface area contributed by atoms with Gasteiger partial charge in [-0.05, 0) is 51.0 Å². The minimum atomic E-state index is -3.53. The van der Waals surface area contributed by atoms with Gasteiger partial charge in [0.05, 0.1) is 41.4 Å². The monoisotopic (exact) mass is 556 g/mol. The summed E-state index contributed by atoms with van der Waals surface area (Å²) in [7, 11) is -3.53. The topological polar surface area (TPSA) is 126 Å². The van der Waals surface area contributed by atoms with E-state index in [1.165, 1.54) is 11.3 Å². The molecule has 1 aromatic carbocycles. The molecule has 4 atom stereocenters. The van der Waals surface area contributed by atoms with Crippen molar-refractivity contribution in [2.45, 2.75) is 49.1 Å². The van der Waals surface area contributed by atoms with Gasteiger partial charge in [0, 0.05) is 36.3 Å². The van der Waals surface area contributed by atoms with Crippen LogP contribution in [0.15, 0.2) is 40.1 Å². The van der Waals surface area contributed by atoms with Gasteiger partial charge in [0.2, 0.25) is 0 Å². The summed E-state index contributed by atoms with van der Waals surface area (Å²) in [6, 6.07) is 9.12. The summed E-state index contributed by atoms with van der Waals surface area (Å²) in [6.45, 7) is 10.1. The molecule has 5 rings (SSSR count). The maximum atomic E-state index is 13.5. The number of anilines is 2. The fourth-order valence-electron chi connectivity index (χ4n) is 5.03. The fourth-order valence-corrected chi connectivity index (χ4v) is 8.69. The molecule has 3 heterocycles. The standard InChI is InChI=1S/C26H32N6O4S2/c1-5-27-26(33)29-19-8-6-18(7-9-19)24-30-20(12-21(31-24)32-10-11-36-13-15(32)2)22-16(3)23(22)38(34,35)25-17(4)28-14-37-25/h6-9,12,14-16,22-23H,5,10-11,13H2,1-4H3,(H2,27,29,33)/t15-,16?,22?,23?/m0/s1. The molecule has 3 unspecified atom stereocenters. The molecule has 1 aliphatic heterocycles. The van der Waals surface area contributed by atoms with Crippen molar-refractivity contribution in [2.75, 3.05) is 36.5 Å². The summed E-state index contributed by atoms with van der Waals surface area (Å²) in [5, 5.41) is 4.95. The van der Waals surface area contributed by atoms with Gasteiger partial charge in [-0.3, -0.25) is 0 Å². The first-order chi connectivity index (χ1) is 18.2. The average molecular weight is 557 g/mol. The van der Waals surface area contributed by atoms with Gasteiger partial charge in [0.15, 0.2) is 15.7 Å². The Labute approximate surface area is 226 Å². The number of carbonyl (C=O) groups excluding carboxylic acids is 1. The van der Waals surface area contributed by atoms with Gasteiger partial charge < -0.3 is 20.3 Å². The van der Waals surface area contributed by atoms with Gasteiger partial charge >= 0.3 is 6.03 Å². The Balaban J connectivity index is 1.50. The molecule has 0 bridgehead atoms. The number of amides is 2. The second-order valence-electron chi connectivity index (χ2n) is 9.77. The third kappa shape index (κ3) is 5.12. The third-order valence-corrected chi connectivity index (χ3v) is 11.0. The molecule has 38 heavy (non-hydrogen) atoms. The number of thiazole rings is 1. The molecule has 1 saturated carbocycles. The SMILES string of the molecule is CCNC(=O)Nc1ccc(-c2nc(C3C(C)C3S(=O)(=O)c3scnc3C)cc(N3CCOC[C@@H]3C)n2)cc1. The summed E-state index contributed by atoms with van der Waals surface area (Å²) < 4.78 is 33.0. The van der Waals surface area contributed by atoms with Gasteiger partial charge in [-0.1, -0.05) is 6.92 Å². The van der Waals surface area contributed by atoms with Gasteiger partial charge in [-0.2, -0.15) is 0 Å². The van der Waals surface area contributed by atoms with Crippen LogP contribution in [-0.4, -0.2) is 67.0 Å². The Kier molecular flexibility index (Phi) is 7.38. The summed E-state index contributed by atoms with van der Waals surface area (Å²) in [4.78, 5) is 28.0. The maximum absolute atomic E-state index is 13.5. The quantitative estimate of drug-likeness (QED) is 0.449. The zero-order valence-electron chi connectivity index (χ0n) is 21.8. The Morgan fingerprint density at radius 1 is 1.21 bits per heavy atom. The van der Waals surface area contributed by atoms with Gasteiger partial charge in [0.25, 0.3) is 0 Å². The number of urea groups is 1. The zero-order valence-corrected chi connectivity index (χ0v) is 23.5. The number of aryl methyl sites for hydroxylation is 1. The molecular formula is C26H32N6O4S2. The van der Waals surface area contributed by atoms with Crippen LogP contribution in [0.4, 0.5) is 16.3 Å². The smallest absolute Gasteiger partial charge is 0.319 e. The number of aromatic nitrogens is 3. The third-order valence-electron chi connectivity index (χ3n) is 7.09. The van der Waals surface area contributed by atoms with Crippen molar-refractivity contribution in [3.8, 4) is 11.4 Å². The largest absolute Gasteiger partial charge is 0.377 e. The molecule has 2 aliphatic rings. The molecule has 0 radical (unpaired) electrons. The molecule has 2 aromatic heterocycles. The molecule has 2 N–H and O–H groups in total. The van der Waals surface area contributed by atoms with Crippen LogP contribution < -0.4 is 15.5 Å². The van der Waals surface area contributed by atoms with Crippen molar-refractivity contribution in [3.05, 3.63) is 47.2 Å². The summed E-state index contributed by atoms with van der Waals surface area (Å²) in [6.07, 6.45) is 0. The number of nitrogens with zero attached hydrogens (tertiary/aromatic N) is 4. The number of rotatable bonds is 7. The highest BCUT2D eigenvalue weighted by Crippen LogP contribution is 2.54. The van der Waals surface area contributed by atoms with E-state index in [4.69, 9.17) is 14.7 Å². The number of hydrogen-bond acceptors (Lipinski definition) is 9. The molecule has 1 aliphatic carbocycles. The second-order valence-corrected chi connectivity index (χ2v) is 12.9. The molecule has 12 heteroatoms. The lowest BCUT2D eigenvalue weighted by Crippen LogP contribution is -2.44. The lowest BCUT2D eigenvalue weighted by Gasteiger charge is -2.34. The number of nitrogens with one attached hydrogen (secondary N) is 2. The van der Waals surface area contributed by atoms with Crippen molar-refractivity contribution in [1.29, 1.82) is 0 Å². The number of ether oxygens (including phenoxy) is 1. The van der Waals surface area contributed by atoms with Crippen molar-refractivity contribution >= 4 is 38.7 Å². The normalized spacial score (nSPS) is 23.2. The zero-order chi connectivity index (χ0) is 27.0. The van der Waals surface area contributed by atoms with Crippen LogP contribution in [0, 0.1) is 12.8 Å². The average Bonchev–Trinajstić information content (AvgIpc) is 3.39. The van der Waals surface area contributed by atoms with Crippen LogP contribution in [0.2, 0.25) is 0 Å². The van der Waals surface area contributed by atoms with Crippen LogP contribution in [-0.2, 0) is 14.6 Å². The predicted octanol–water partition coefficient (Wildman–Crippen LogP) is 3.85. The van der Waals surface area contributed by atoms with Crippen molar-refractivity contribution < 1.29 is 17.9 Å². The minimum absolute atomic E-state index is 0.0807. The van der Waals surface area contributed by atoms with Crippen LogP contribution in [0.3, 0.4) is 0 Å². The van der Waals surface area contributed by atoms with Gasteiger partial charge in [-0.25, -0.2) is 28.2 Å². The highest BCUT2D eigenvalue weighted by atomic mass is 32.2. The number of benzene rings is 1. The van der Waals surface area contributed by atoms with Crippen molar-refractivity contribution in [2.24, 2.45) is 5.92 Å². The highest BCUT2D eigenvalue weighted by molar-refractivity contribution is 7.94. The summed E-state index contributed by atoms with van der Waals surface area (Å²) in [5.41, 5.74) is 4.27. The fraction of sp³-hybridized carbons (Fsp3) is 0.462. The number of hydrogen-bond donors (Lipinski definition) is 2. The van der Waals surface area contributed by atoms with E-state index in [2.05, 4.69) is 27.4 Å². The molecule has 2 amide bonds. The maximum Gasteiger partial charge on any atom is 0.319 e. The Hall–Kier alpha value is -3.09. The van der Waals surface area contributed by atoms with E-state index in [1.54, 1.807) is 24.6 Å². The summed E-state index contributed by atoms with van der Waals surface area (Å²) >= 11 is 1.17. The van der Waals surface area contributed by atoms with Crippen LogP contribution in [0.1, 0.15) is 38.1 Å². The van der Waals surface area contributed by atoms with E-state index in [-0.39, 0.29) is 23.9 Å². The Bertz CT molecular complexity index is 1430. The van der Waals surface area contributed by atoms with E-state index in [0.29, 0.717) is 47.7 Å². The van der Waals surface area contributed by atoms with Crippen LogP contribution in [0.25, 0.3) is 11.4 Å². The van der Waals surface area contributed by atoms with Crippen LogP contribution in [0.5, 0.6) is 0 Å². The Morgan fingerprint density at radius 3 is 2.63 bits per heavy atom. The molecule has 202 valence electrons. The minimum Gasteiger partial charge on any atom is -0.377 e. The molecule has 2 fully saturated rings. The van der Waals surface area contributed by atoms with E-state index in [9.17, 15) is 13.2 Å². The molecule has 3 aromatic rings. The second kappa shape index (κ2) is 10.6. The Morgan fingerprint density at radius 2 is 1.97 bits per heavy atom.